The fourth-order valence-corrected chi connectivity index (χ4v) is 30.5. The van der Waals surface area contributed by atoms with Gasteiger partial charge in [0, 0.05) is 0 Å². The number of allylic oxidation sites excluding steroid dienone is 1. The molecule has 35 unspecified atom stereocenters. The molecule has 0 spiro atoms. The van der Waals surface area contributed by atoms with E-state index in [9.17, 15) is 0 Å². The highest BCUT2D eigenvalue weighted by atomic mass is 31.1. The quantitative estimate of drug-likeness (QED) is 0.181. The Morgan fingerprint density at radius 3 is 0.726 bits per heavy atom. The lowest BCUT2D eigenvalue weighted by Gasteiger charge is -2.78. The molecule has 0 aromatic rings. The van der Waals surface area contributed by atoms with E-state index in [1.807, 2.05) is 138 Å². The molecule has 18 fully saturated rings. The monoisotopic (exact) mass is 1180 g/mol. The van der Waals surface area contributed by atoms with E-state index < -0.39 is 0 Å². The van der Waals surface area contributed by atoms with Crippen LogP contribution in [0, 0.1) is 207 Å². The summed E-state index contributed by atoms with van der Waals surface area (Å²) in [4.78, 5) is 0. The summed E-state index contributed by atoms with van der Waals surface area (Å²) in [6.45, 7) is 51.8. The van der Waals surface area contributed by atoms with Gasteiger partial charge in [-0.3, -0.25) is 0 Å². The fraction of sp³-hybridized carbons (Fsp3) is 0.976. The summed E-state index contributed by atoms with van der Waals surface area (Å²) in [5, 5.41) is 0. The zero-order valence-corrected chi connectivity index (χ0v) is 62.2. The molecule has 1 heteroatoms. The minimum Gasteiger partial charge on any atom is -0.129 e. The minimum atomic E-state index is 0.421. The molecule has 0 N–H and O–H groups in total. The number of hydrogen-bond donors (Lipinski definition) is 0. The van der Waals surface area contributed by atoms with E-state index in [-0.39, 0.29) is 0 Å². The maximum absolute atomic E-state index is 4.70. The Morgan fingerprint density at radius 2 is 0.440 bits per heavy atom. The minimum absolute atomic E-state index is 0.421. The molecule has 35 atom stereocenters. The molecule has 0 aliphatic heterocycles. The Morgan fingerprint density at radius 1 is 0.250 bits per heavy atom. The van der Waals surface area contributed by atoms with Crippen molar-refractivity contribution in [3.8, 4) is 0 Å². The van der Waals surface area contributed by atoms with Gasteiger partial charge in [0.15, 0.2) is 0 Å². The van der Waals surface area contributed by atoms with E-state index in [0.717, 1.165) is 139 Å². The Kier molecular flexibility index (Phi) is 27.0. The first-order valence-electron chi connectivity index (χ1n) is 40.6. The molecule has 0 nitrogen and oxygen atoms in total. The number of hydrogen-bond acceptors (Lipinski definition) is 0. The second-order valence-corrected chi connectivity index (χ2v) is 31.9. The molecule has 0 amide bonds. The molecule has 0 bridgehead atoms. The second-order valence-electron chi connectivity index (χ2n) is 30.9. The third kappa shape index (κ3) is 11.3. The Balaban J connectivity index is 0.000000398. The summed E-state index contributed by atoms with van der Waals surface area (Å²) < 4.78 is 0. The van der Waals surface area contributed by atoms with Crippen molar-refractivity contribution < 1.29 is 0 Å². The summed E-state index contributed by atoms with van der Waals surface area (Å²) in [5.41, 5.74) is 0.421. The first kappa shape index (κ1) is 71.6. The molecular formula is C83H153P. The molecule has 0 radical (unpaired) electrons. The lowest BCUT2D eigenvalue weighted by atomic mass is 9.27. The molecule has 0 aromatic carbocycles. The van der Waals surface area contributed by atoms with Crippen LogP contribution in [0.25, 0.3) is 0 Å². The van der Waals surface area contributed by atoms with Crippen molar-refractivity contribution in [2.75, 3.05) is 13.3 Å². The molecule has 0 saturated heterocycles. The van der Waals surface area contributed by atoms with Gasteiger partial charge in [0.2, 0.25) is 0 Å². The standard InChI is InChI=1S/C61H86.C2H7P.10C2H6/c1-3-61(2)26-31-9-5-8-29-13-34-17-37-20-40-21-39-19-36-16-33-14-30-11-10-27-6-4-7-28-12-32-15-35-18-38-22-41-23-42-24-43-25-44(61)60(46(29)31)59(34)58(43)57(37)56(42)55(40)54(41)53(39)52(38)51(36)50(35)49(33)48(32)47(30)45(27)28;1-3-2;10*1-2/h3,27-60H,1,4-26H2,2H3;3H,1-2H3;10*1-2H3. The van der Waals surface area contributed by atoms with E-state index >= 15 is 0 Å². The largest absolute Gasteiger partial charge is 0.129 e. The zero-order valence-electron chi connectivity index (χ0n) is 61.2. The van der Waals surface area contributed by atoms with Gasteiger partial charge in [0.25, 0.3) is 0 Å². The molecule has 0 heterocycles. The van der Waals surface area contributed by atoms with Gasteiger partial charge in [0.1, 0.15) is 0 Å². The molecular weight excluding hydrogens is 1030 g/mol. The first-order chi connectivity index (χ1) is 41.4. The zero-order chi connectivity index (χ0) is 61.8. The van der Waals surface area contributed by atoms with Gasteiger partial charge in [-0.1, -0.05) is 190 Å². The Bertz CT molecular complexity index is 1920. The van der Waals surface area contributed by atoms with Crippen molar-refractivity contribution in [2.24, 2.45) is 207 Å². The summed E-state index contributed by atoms with van der Waals surface area (Å²) in [5.74, 6) is 39.1. The third-order valence-electron chi connectivity index (χ3n) is 30.0. The molecule has 18 aliphatic carbocycles. The van der Waals surface area contributed by atoms with Crippen LogP contribution in [0.5, 0.6) is 0 Å². The molecule has 490 valence electrons. The molecule has 18 aliphatic rings. The summed E-state index contributed by atoms with van der Waals surface area (Å²) >= 11 is 0. The van der Waals surface area contributed by atoms with Gasteiger partial charge in [-0.15, -0.1) is 15.2 Å². The Labute approximate surface area is 531 Å². The molecule has 18 saturated carbocycles. The Hall–Kier alpha value is 0.170. The van der Waals surface area contributed by atoms with E-state index in [2.05, 4.69) is 26.3 Å². The summed E-state index contributed by atoms with van der Waals surface area (Å²) in [7, 11) is 1.08. The predicted molar refractivity (Wildman–Crippen MR) is 377 cm³/mol. The first-order valence-corrected chi connectivity index (χ1v) is 42.6. The van der Waals surface area contributed by atoms with Gasteiger partial charge in [-0.05, 0) is 329 Å². The van der Waals surface area contributed by atoms with Crippen molar-refractivity contribution in [2.45, 2.75) is 293 Å². The smallest absolute Gasteiger partial charge is 0.0115 e. The fourth-order valence-electron chi connectivity index (χ4n) is 30.5. The van der Waals surface area contributed by atoms with E-state index in [1.54, 1.807) is 141 Å². The van der Waals surface area contributed by atoms with Gasteiger partial charge in [-0.2, -0.15) is 0 Å². The SMILES string of the molecule is C=CC1(C)CC2CCCC3CC4CC5CC6CC7CC8CC9CC%10CCC%11CCCC%12CC%13CC%14CC%15CC%16CC%17CC%18CC1C(C32)C4C%18C5C%17C6C%16C7C%15C8C%14C9C%13C%10C%11%12.CC.CC.CC.CC.CC.CC.CC.CC.CC.CC.CPC. The molecule has 0 aromatic heterocycles. The van der Waals surface area contributed by atoms with Crippen LogP contribution in [0.4, 0.5) is 0 Å². The maximum atomic E-state index is 4.70. The normalized spacial score (nSPS) is 53.7. The lowest BCUT2D eigenvalue weighted by Crippen LogP contribution is -2.72. The summed E-state index contributed by atoms with van der Waals surface area (Å²) in [6, 6.07) is 0. The van der Waals surface area contributed by atoms with Crippen molar-refractivity contribution in [3.63, 3.8) is 0 Å². The van der Waals surface area contributed by atoms with Crippen LogP contribution in [-0.2, 0) is 0 Å². The van der Waals surface area contributed by atoms with Crippen LogP contribution in [0.2, 0.25) is 0 Å². The van der Waals surface area contributed by atoms with E-state index in [4.69, 9.17) is 6.58 Å². The van der Waals surface area contributed by atoms with Crippen molar-refractivity contribution >= 4 is 8.58 Å². The van der Waals surface area contributed by atoms with E-state index in [1.165, 1.54) is 77.4 Å². The molecule has 84 heavy (non-hydrogen) atoms. The van der Waals surface area contributed by atoms with Crippen LogP contribution < -0.4 is 0 Å². The van der Waals surface area contributed by atoms with Gasteiger partial charge < -0.3 is 0 Å². The summed E-state index contributed by atoms with van der Waals surface area (Å²) in [6.07, 6.45) is 41.1. The van der Waals surface area contributed by atoms with Gasteiger partial charge in [-0.25, -0.2) is 0 Å². The van der Waals surface area contributed by atoms with E-state index in [0.29, 0.717) is 5.41 Å². The van der Waals surface area contributed by atoms with Crippen LogP contribution in [0.1, 0.15) is 293 Å². The van der Waals surface area contributed by atoms with Crippen molar-refractivity contribution in [3.05, 3.63) is 12.7 Å². The molecule has 18 rings (SSSR count). The van der Waals surface area contributed by atoms with Crippen LogP contribution >= 0.6 is 8.58 Å². The average Bonchev–Trinajstić information content (AvgIpc) is 0.755. The van der Waals surface area contributed by atoms with Gasteiger partial charge in [0.05, 0.1) is 0 Å². The van der Waals surface area contributed by atoms with Crippen LogP contribution in [0.15, 0.2) is 12.7 Å². The lowest BCUT2D eigenvalue weighted by molar-refractivity contribution is -0.295. The number of rotatable bonds is 1. The van der Waals surface area contributed by atoms with Crippen LogP contribution in [0.3, 0.4) is 0 Å². The highest BCUT2D eigenvalue weighted by Crippen LogP contribution is 2.82. The van der Waals surface area contributed by atoms with Crippen molar-refractivity contribution in [1.82, 2.24) is 0 Å². The van der Waals surface area contributed by atoms with Crippen LogP contribution in [-0.4, -0.2) is 13.3 Å². The highest BCUT2D eigenvalue weighted by molar-refractivity contribution is 7.35. The second kappa shape index (κ2) is 31.7. The topological polar surface area (TPSA) is 0 Å². The van der Waals surface area contributed by atoms with Gasteiger partial charge >= 0.3 is 0 Å². The maximum Gasteiger partial charge on any atom is -0.0115 e. The highest BCUT2D eigenvalue weighted by Gasteiger charge is 2.75. The predicted octanol–water partition coefficient (Wildman–Crippen LogP) is 25.5. The third-order valence-corrected chi connectivity index (χ3v) is 30.0. The van der Waals surface area contributed by atoms with Crippen molar-refractivity contribution in [1.29, 1.82) is 0 Å². The average molecular weight is 1180 g/mol.